The molecule has 2 atom stereocenters. The van der Waals surface area contributed by atoms with Crippen molar-refractivity contribution >= 4 is 11.8 Å². The number of ether oxygens (including phenoxy) is 1. The van der Waals surface area contributed by atoms with E-state index in [1.807, 2.05) is 23.9 Å². The Bertz CT molecular complexity index is 571. The molecule has 1 aliphatic heterocycles. The molecule has 118 valence electrons. The number of hydrogen-bond acceptors (Lipinski definition) is 5. The van der Waals surface area contributed by atoms with E-state index in [9.17, 15) is 5.11 Å². The molecule has 2 N–H and O–H groups in total. The van der Waals surface area contributed by atoms with Crippen LogP contribution < -0.4 is 5.32 Å². The lowest BCUT2D eigenvalue weighted by Crippen LogP contribution is -2.29. The van der Waals surface area contributed by atoms with Crippen LogP contribution in [-0.4, -0.2) is 40.5 Å². The summed E-state index contributed by atoms with van der Waals surface area (Å²) in [6.07, 6.45) is 6.60. The molecule has 22 heavy (non-hydrogen) atoms. The first-order chi connectivity index (χ1) is 10.8. The minimum atomic E-state index is 0.0877. The molecule has 0 bridgehead atoms. The maximum absolute atomic E-state index is 9.57. The average molecular weight is 318 g/mol. The Morgan fingerprint density at radius 2 is 2.18 bits per heavy atom. The van der Waals surface area contributed by atoms with E-state index in [4.69, 9.17) is 4.74 Å². The maximum atomic E-state index is 9.57. The molecule has 0 amide bonds. The third kappa shape index (κ3) is 3.60. The lowest BCUT2D eigenvalue weighted by Gasteiger charge is -2.17. The Morgan fingerprint density at radius 3 is 2.86 bits per heavy atom. The molecule has 0 aromatic carbocycles. The third-order valence-corrected chi connectivity index (χ3v) is 5.49. The summed E-state index contributed by atoms with van der Waals surface area (Å²) < 4.78 is 5.88. The quantitative estimate of drug-likeness (QED) is 0.843. The Labute approximate surface area is 135 Å². The predicted octanol–water partition coefficient (Wildman–Crippen LogP) is 2.27. The van der Waals surface area contributed by atoms with E-state index in [1.54, 1.807) is 12.4 Å². The summed E-state index contributed by atoms with van der Waals surface area (Å²) in [4.78, 5) is 4.01. The minimum Gasteiger partial charge on any atom is -0.392 e. The number of nitrogens with zero attached hydrogens (tertiary/aromatic N) is 1. The van der Waals surface area contributed by atoms with Gasteiger partial charge in [0, 0.05) is 24.2 Å². The molecule has 1 aromatic heterocycles. The summed E-state index contributed by atoms with van der Waals surface area (Å²) in [6.45, 7) is 3.42. The van der Waals surface area contributed by atoms with Crippen LogP contribution in [0.15, 0.2) is 47.3 Å². The van der Waals surface area contributed by atoms with Gasteiger partial charge in [-0.15, -0.1) is 11.8 Å². The van der Waals surface area contributed by atoms with E-state index in [1.165, 1.54) is 11.1 Å². The van der Waals surface area contributed by atoms with Gasteiger partial charge in [0.2, 0.25) is 0 Å². The molecule has 2 heterocycles. The second-order valence-electron chi connectivity index (χ2n) is 5.72. The van der Waals surface area contributed by atoms with Gasteiger partial charge in [0.15, 0.2) is 0 Å². The number of aliphatic hydroxyl groups is 1. The highest BCUT2D eigenvalue weighted by atomic mass is 32.2. The molecule has 0 saturated carbocycles. The number of aromatic nitrogens is 1. The van der Waals surface area contributed by atoms with E-state index < -0.39 is 0 Å². The van der Waals surface area contributed by atoms with E-state index in [2.05, 4.69) is 23.3 Å². The first-order valence-corrected chi connectivity index (χ1v) is 8.69. The number of allylic oxidation sites excluding steroid dienone is 1. The average Bonchev–Trinajstić information content (AvgIpc) is 3.14. The van der Waals surface area contributed by atoms with Crippen molar-refractivity contribution in [1.82, 2.24) is 10.3 Å². The van der Waals surface area contributed by atoms with Crippen molar-refractivity contribution in [3.63, 3.8) is 0 Å². The molecule has 1 aromatic rings. The van der Waals surface area contributed by atoms with Gasteiger partial charge in [-0.1, -0.05) is 6.08 Å². The fourth-order valence-corrected chi connectivity index (χ4v) is 4.19. The predicted molar refractivity (Wildman–Crippen MR) is 89.5 cm³/mol. The van der Waals surface area contributed by atoms with Crippen LogP contribution in [0.4, 0.5) is 0 Å². The van der Waals surface area contributed by atoms with Crippen molar-refractivity contribution < 1.29 is 9.84 Å². The third-order valence-electron chi connectivity index (χ3n) is 4.04. The van der Waals surface area contributed by atoms with Gasteiger partial charge < -0.3 is 9.84 Å². The largest absolute Gasteiger partial charge is 0.392 e. The molecule has 5 heteroatoms. The topological polar surface area (TPSA) is 54.4 Å². The van der Waals surface area contributed by atoms with Gasteiger partial charge >= 0.3 is 0 Å². The first-order valence-electron chi connectivity index (χ1n) is 7.64. The number of thioether (sulfide) groups is 1. The van der Waals surface area contributed by atoms with Crippen LogP contribution in [0.5, 0.6) is 0 Å². The molecular weight excluding hydrogens is 296 g/mol. The summed E-state index contributed by atoms with van der Waals surface area (Å²) >= 11 is 1.95. The maximum Gasteiger partial charge on any atom is 0.0761 e. The zero-order valence-electron chi connectivity index (χ0n) is 12.8. The van der Waals surface area contributed by atoms with E-state index in [0.717, 1.165) is 23.3 Å². The zero-order valence-corrected chi connectivity index (χ0v) is 13.6. The summed E-state index contributed by atoms with van der Waals surface area (Å²) in [5.74, 6) is 1.13. The summed E-state index contributed by atoms with van der Waals surface area (Å²) in [7, 11) is 0. The molecule has 1 saturated heterocycles. The van der Waals surface area contributed by atoms with Crippen LogP contribution >= 0.6 is 11.8 Å². The van der Waals surface area contributed by atoms with Crippen molar-refractivity contribution in [2.24, 2.45) is 0 Å². The summed E-state index contributed by atoms with van der Waals surface area (Å²) in [6, 6.07) is 4.46. The number of nitrogens with one attached hydrogen (secondary N) is 1. The number of hydrogen-bond donors (Lipinski definition) is 2. The van der Waals surface area contributed by atoms with Gasteiger partial charge in [0.25, 0.3) is 0 Å². The van der Waals surface area contributed by atoms with Gasteiger partial charge in [0.05, 0.1) is 25.2 Å². The monoisotopic (exact) mass is 318 g/mol. The first kappa shape index (κ1) is 15.7. The fourth-order valence-electron chi connectivity index (χ4n) is 2.84. The van der Waals surface area contributed by atoms with E-state index in [-0.39, 0.29) is 6.61 Å². The minimum absolute atomic E-state index is 0.0877. The van der Waals surface area contributed by atoms with Crippen LogP contribution in [-0.2, 0) is 11.3 Å². The van der Waals surface area contributed by atoms with Crippen LogP contribution in [0.25, 0.3) is 0 Å². The highest BCUT2D eigenvalue weighted by Gasteiger charge is 2.29. The SMILES string of the molecule is CC1CSC(C2=C(COCc3ccncc3)C(CO)=CC2)N1. The van der Waals surface area contributed by atoms with Gasteiger partial charge in [0.1, 0.15) is 0 Å². The molecule has 1 fully saturated rings. The van der Waals surface area contributed by atoms with Crippen LogP contribution in [0, 0.1) is 0 Å². The normalized spacial score (nSPS) is 24.9. The zero-order chi connectivity index (χ0) is 15.4. The molecule has 0 spiro atoms. The van der Waals surface area contributed by atoms with Gasteiger partial charge in [-0.25, -0.2) is 0 Å². The van der Waals surface area contributed by atoms with Crippen LogP contribution in [0.1, 0.15) is 18.9 Å². The summed E-state index contributed by atoms with van der Waals surface area (Å²) in [5, 5.41) is 13.5. The van der Waals surface area contributed by atoms with Gasteiger partial charge in [-0.05, 0) is 47.8 Å². The lowest BCUT2D eigenvalue weighted by atomic mass is 10.1. The standard InChI is InChI=1S/C17H22N2O2S/c1-12-11-22-17(19-12)15-3-2-14(8-20)16(15)10-21-9-13-4-6-18-7-5-13/h2,4-7,12,17,19-20H,3,8-11H2,1H3. The van der Waals surface area contributed by atoms with Crippen LogP contribution in [0.2, 0.25) is 0 Å². The Kier molecular flexibility index (Phi) is 5.31. The Hall–Kier alpha value is -1.14. The lowest BCUT2D eigenvalue weighted by molar-refractivity contribution is 0.142. The number of rotatable bonds is 6. The molecule has 3 rings (SSSR count). The molecule has 1 aliphatic carbocycles. The van der Waals surface area contributed by atoms with Gasteiger partial charge in [-0.3, -0.25) is 10.3 Å². The van der Waals surface area contributed by atoms with Crippen molar-refractivity contribution in [3.05, 3.63) is 52.9 Å². The van der Waals surface area contributed by atoms with E-state index >= 15 is 0 Å². The fraction of sp³-hybridized carbons (Fsp3) is 0.471. The van der Waals surface area contributed by atoms with Crippen LogP contribution in [0.3, 0.4) is 0 Å². The second-order valence-corrected chi connectivity index (χ2v) is 6.86. The summed E-state index contributed by atoms with van der Waals surface area (Å²) in [5.41, 5.74) is 4.68. The molecule has 2 aliphatic rings. The molecule has 2 unspecified atom stereocenters. The van der Waals surface area contributed by atoms with Crippen molar-refractivity contribution in [2.75, 3.05) is 19.0 Å². The van der Waals surface area contributed by atoms with E-state index in [0.29, 0.717) is 24.6 Å². The second kappa shape index (κ2) is 7.42. The van der Waals surface area contributed by atoms with Crippen molar-refractivity contribution in [3.8, 4) is 0 Å². The van der Waals surface area contributed by atoms with Crippen molar-refractivity contribution in [2.45, 2.75) is 31.4 Å². The molecule has 0 radical (unpaired) electrons. The Balaban J connectivity index is 1.65. The highest BCUT2D eigenvalue weighted by Crippen LogP contribution is 2.35. The Morgan fingerprint density at radius 1 is 1.36 bits per heavy atom. The number of aliphatic hydroxyl groups excluding tert-OH is 1. The smallest absolute Gasteiger partial charge is 0.0761 e. The van der Waals surface area contributed by atoms with Gasteiger partial charge in [-0.2, -0.15) is 0 Å². The molecular formula is C17H22N2O2S. The van der Waals surface area contributed by atoms with Crippen molar-refractivity contribution in [1.29, 1.82) is 0 Å². The highest BCUT2D eigenvalue weighted by molar-refractivity contribution is 8.00. The number of pyridine rings is 1. The molecule has 4 nitrogen and oxygen atoms in total.